The fraction of sp³-hybridized carbons (Fsp3) is 0. The summed E-state index contributed by atoms with van der Waals surface area (Å²) in [4.78, 5) is 10.00. The second-order valence-electron chi connectivity index (χ2n) is 1.91. The molecule has 0 saturated carbocycles. The van der Waals surface area contributed by atoms with E-state index >= 15 is 0 Å². The van der Waals surface area contributed by atoms with Crippen molar-refractivity contribution >= 4 is 5.97 Å². The van der Waals surface area contributed by atoms with Crippen LogP contribution in [0.1, 0.15) is 10.4 Å². The van der Waals surface area contributed by atoms with Crippen molar-refractivity contribution in [3.05, 3.63) is 29.2 Å². The molecule has 0 unspecified atom stereocenters. The number of carbonyl (C=O) groups excluding carboxylic acids is 1. The summed E-state index contributed by atoms with van der Waals surface area (Å²) in [5, 5.41) is 30.9. The lowest BCUT2D eigenvalue weighted by Crippen LogP contribution is -2.21. The maximum absolute atomic E-state index is 10.5. The second-order valence-corrected chi connectivity index (χ2v) is 1.91. The number of carboxylic acids is 1. The third kappa shape index (κ3) is 1.34. The molecule has 0 aromatic carbocycles. The average Bonchev–Trinajstić information content (AvgIpc) is 2.51. The van der Waals surface area contributed by atoms with Gasteiger partial charge in [-0.2, -0.15) is 0 Å². The Hall–Kier alpha value is -2.05. The van der Waals surface area contributed by atoms with Crippen molar-refractivity contribution in [3.8, 4) is 0 Å². The lowest BCUT2D eigenvalue weighted by molar-refractivity contribution is -0.610. The molecule has 1 aromatic heterocycles. The quantitative estimate of drug-likeness (QED) is 0.348. The van der Waals surface area contributed by atoms with Gasteiger partial charge in [0.15, 0.2) is 0 Å². The maximum Gasteiger partial charge on any atom is 0.231 e. The molecule has 0 aliphatic carbocycles. The fourth-order valence-corrected chi connectivity index (χ4v) is 0.659. The van der Waals surface area contributed by atoms with E-state index < -0.39 is 5.97 Å². The van der Waals surface area contributed by atoms with Gasteiger partial charge in [0.25, 0.3) is 0 Å². The van der Waals surface area contributed by atoms with Crippen LogP contribution < -0.4 is 5.11 Å². The molecule has 0 atom stereocenters. The van der Waals surface area contributed by atoms with E-state index in [0.717, 1.165) is 23.1 Å². The van der Waals surface area contributed by atoms with Crippen LogP contribution in [0.5, 0.6) is 0 Å². The van der Waals surface area contributed by atoms with Crippen molar-refractivity contribution in [2.45, 2.75) is 0 Å². The summed E-state index contributed by atoms with van der Waals surface area (Å²) in [5.41, 5.74) is -0.167. The van der Waals surface area contributed by atoms with Crippen LogP contribution in [-0.4, -0.2) is 20.8 Å². The van der Waals surface area contributed by atoms with Crippen LogP contribution in [0.25, 0.3) is 0 Å². The normalized spacial score (nSPS) is 11.5. The van der Waals surface area contributed by atoms with Gasteiger partial charge in [0.2, 0.25) is 5.28 Å². The largest absolute Gasteiger partial charge is 0.568 e. The van der Waals surface area contributed by atoms with Crippen molar-refractivity contribution in [1.82, 2.24) is 4.68 Å². The van der Waals surface area contributed by atoms with Crippen molar-refractivity contribution in [1.29, 1.82) is 0 Å². The van der Waals surface area contributed by atoms with Gasteiger partial charge >= 0.3 is 0 Å². The molecular formula is C5H4N3O4-. The molecule has 1 heterocycles. The van der Waals surface area contributed by atoms with E-state index in [9.17, 15) is 15.1 Å². The Morgan fingerprint density at radius 3 is 2.83 bits per heavy atom. The van der Waals surface area contributed by atoms with Crippen LogP contribution in [-0.2, 0) is 0 Å². The van der Waals surface area contributed by atoms with Gasteiger partial charge in [0.05, 0.1) is 23.3 Å². The van der Waals surface area contributed by atoms with E-state index in [1.165, 1.54) is 0 Å². The van der Waals surface area contributed by atoms with Gasteiger partial charge in [-0.25, -0.2) is 0 Å². The second kappa shape index (κ2) is 2.91. The van der Waals surface area contributed by atoms with Gasteiger partial charge < -0.3 is 20.3 Å². The Morgan fingerprint density at radius 1 is 1.75 bits per heavy atom. The lowest BCUT2D eigenvalue weighted by atomic mass is 10.4. The van der Waals surface area contributed by atoms with Crippen molar-refractivity contribution in [2.24, 2.45) is 5.28 Å². The smallest absolute Gasteiger partial charge is 0.231 e. The molecule has 64 valence electrons. The van der Waals surface area contributed by atoms with Crippen molar-refractivity contribution < 1.29 is 20.1 Å². The summed E-state index contributed by atoms with van der Waals surface area (Å²) in [6.45, 7) is 0. The number of hydrogen-bond acceptors (Lipinski definition) is 4. The molecule has 7 nitrogen and oxygen atoms in total. The minimum Gasteiger partial charge on any atom is -0.568 e. The Morgan fingerprint density at radius 2 is 2.42 bits per heavy atom. The SMILES string of the molecule is O=C([O-])c1ccn(/[N+]([O-])=N/O)c1. The zero-order chi connectivity index (χ0) is 9.14. The highest BCUT2D eigenvalue weighted by atomic mass is 16.6. The van der Waals surface area contributed by atoms with Crippen LogP contribution in [0, 0.1) is 5.21 Å². The number of carbonyl (C=O) groups is 1. The minimum atomic E-state index is -1.40. The number of carboxylic acid groups (broad SMARTS) is 1. The predicted octanol–water partition coefficient (Wildman–Crippen LogP) is -1.03. The fourth-order valence-electron chi connectivity index (χ4n) is 0.659. The highest BCUT2D eigenvalue weighted by Crippen LogP contribution is 1.98. The van der Waals surface area contributed by atoms with Gasteiger partial charge in [0, 0.05) is 5.56 Å². The number of nitrogens with zero attached hydrogens (tertiary/aromatic N) is 3. The molecule has 0 saturated heterocycles. The summed E-state index contributed by atoms with van der Waals surface area (Å²) in [6, 6.07) is 1.14. The van der Waals surface area contributed by atoms with Gasteiger partial charge in [-0.1, -0.05) is 4.68 Å². The summed E-state index contributed by atoms with van der Waals surface area (Å²) >= 11 is 0. The van der Waals surface area contributed by atoms with E-state index in [0.29, 0.717) is 0 Å². The molecule has 0 aliphatic rings. The van der Waals surface area contributed by atoms with Crippen molar-refractivity contribution in [2.75, 3.05) is 0 Å². The van der Waals surface area contributed by atoms with Crippen LogP contribution in [0.4, 0.5) is 0 Å². The number of hydrogen-bond donors (Lipinski definition) is 1. The average molecular weight is 170 g/mol. The molecule has 1 aromatic rings. The highest BCUT2D eigenvalue weighted by molar-refractivity contribution is 5.85. The topological polar surface area (TPSA) is 104 Å². The number of aromatic carboxylic acids is 1. The third-order valence-corrected chi connectivity index (χ3v) is 1.19. The first-order valence-electron chi connectivity index (χ1n) is 2.87. The standard InChI is InChI=1S/C5H5N3O4/c9-5(10)4-1-2-7(3-4)8(12)6-11/h1-3,11H,(H,9,10)/p-1/b8-6-. The Kier molecular flexibility index (Phi) is 1.95. The predicted molar refractivity (Wildman–Crippen MR) is 32.0 cm³/mol. The molecule has 1 rings (SSSR count). The Balaban J connectivity index is 2.99. The van der Waals surface area contributed by atoms with E-state index in [2.05, 4.69) is 5.28 Å². The monoisotopic (exact) mass is 170 g/mol. The third-order valence-electron chi connectivity index (χ3n) is 1.19. The number of aromatic nitrogens is 1. The molecule has 1 N–H and O–H groups in total. The first-order valence-corrected chi connectivity index (χ1v) is 2.87. The summed E-state index contributed by atoms with van der Waals surface area (Å²) in [5.74, 6) is -1.40. The van der Waals surface area contributed by atoms with Crippen LogP contribution in [0.2, 0.25) is 0 Å². The zero-order valence-electron chi connectivity index (χ0n) is 5.75. The Labute approximate surface area is 66.3 Å². The summed E-state index contributed by atoms with van der Waals surface area (Å²) in [7, 11) is 0. The molecule has 0 amide bonds. The maximum atomic E-state index is 10.5. The first-order chi connectivity index (χ1) is 5.65. The van der Waals surface area contributed by atoms with Gasteiger partial charge in [0.1, 0.15) is 0 Å². The molecule has 0 bridgehead atoms. The molecule has 7 heteroatoms. The highest BCUT2D eigenvalue weighted by Gasteiger charge is 2.02. The summed E-state index contributed by atoms with van der Waals surface area (Å²) < 4.78 is 0.741. The van der Waals surface area contributed by atoms with Crippen molar-refractivity contribution in [3.63, 3.8) is 0 Å². The molecule has 0 aliphatic heterocycles. The molecule has 0 fully saturated rings. The van der Waals surface area contributed by atoms with E-state index in [-0.39, 0.29) is 10.5 Å². The van der Waals surface area contributed by atoms with Gasteiger partial charge in [-0.05, 0) is 6.07 Å². The van der Waals surface area contributed by atoms with Crippen LogP contribution in [0.15, 0.2) is 23.7 Å². The minimum absolute atomic E-state index is 0.167. The molecule has 0 spiro atoms. The Bertz CT molecular complexity index is 329. The number of rotatable bonds is 2. The van der Waals surface area contributed by atoms with Gasteiger partial charge in [-0.15, -0.1) is 0 Å². The molecule has 0 radical (unpaired) electrons. The van der Waals surface area contributed by atoms with Gasteiger partial charge in [-0.3, -0.25) is 0 Å². The first kappa shape index (κ1) is 8.05. The van der Waals surface area contributed by atoms with E-state index in [1.54, 1.807) is 0 Å². The lowest BCUT2D eigenvalue weighted by Gasteiger charge is -1.95. The molecular weight excluding hydrogens is 166 g/mol. The zero-order valence-corrected chi connectivity index (χ0v) is 5.75. The van der Waals surface area contributed by atoms with E-state index in [4.69, 9.17) is 5.21 Å². The van der Waals surface area contributed by atoms with Crippen LogP contribution in [0.3, 0.4) is 0 Å². The summed E-state index contributed by atoms with van der Waals surface area (Å²) in [6.07, 6.45) is 2.08. The van der Waals surface area contributed by atoms with E-state index in [1.807, 2.05) is 0 Å². The van der Waals surface area contributed by atoms with Crippen LogP contribution >= 0.6 is 0 Å². The molecule has 12 heavy (non-hydrogen) atoms.